The number of guanidine groups is 1. The third-order valence-electron chi connectivity index (χ3n) is 5.69. The standard InChI is InChI=1S/C20H41N5O/c1-4-21-20(22-11-8-12-25-13-15-26-16-14-25)23-17-19(24(2)3)18-9-6-5-7-10-18/h18-19H,4-17H2,1-3H3,(H2,21,22,23). The molecule has 0 aromatic carbocycles. The van der Waals surface area contributed by atoms with Gasteiger partial charge in [-0.25, -0.2) is 0 Å². The van der Waals surface area contributed by atoms with E-state index in [1.54, 1.807) is 0 Å². The van der Waals surface area contributed by atoms with Crippen LogP contribution in [0.3, 0.4) is 0 Å². The minimum Gasteiger partial charge on any atom is -0.379 e. The van der Waals surface area contributed by atoms with Crippen LogP contribution < -0.4 is 10.6 Å². The predicted molar refractivity (Wildman–Crippen MR) is 110 cm³/mol. The molecule has 1 aliphatic heterocycles. The van der Waals surface area contributed by atoms with Crippen LogP contribution in [-0.2, 0) is 4.74 Å². The molecule has 0 aromatic rings. The van der Waals surface area contributed by atoms with Crippen LogP contribution in [0.5, 0.6) is 0 Å². The van der Waals surface area contributed by atoms with Gasteiger partial charge in [0.05, 0.1) is 19.8 Å². The Bertz CT molecular complexity index is 390. The number of hydrogen-bond donors (Lipinski definition) is 2. The van der Waals surface area contributed by atoms with Crippen molar-refractivity contribution in [3.05, 3.63) is 0 Å². The van der Waals surface area contributed by atoms with Crippen molar-refractivity contribution in [2.24, 2.45) is 10.9 Å². The summed E-state index contributed by atoms with van der Waals surface area (Å²) in [6.45, 7) is 9.93. The van der Waals surface area contributed by atoms with Crippen molar-refractivity contribution < 1.29 is 4.74 Å². The Labute approximate surface area is 160 Å². The molecule has 1 saturated carbocycles. The van der Waals surface area contributed by atoms with E-state index in [0.29, 0.717) is 6.04 Å². The van der Waals surface area contributed by atoms with E-state index in [9.17, 15) is 0 Å². The first-order valence-electron chi connectivity index (χ1n) is 10.7. The van der Waals surface area contributed by atoms with Crippen molar-refractivity contribution in [3.8, 4) is 0 Å². The normalized spacial score (nSPS) is 21.8. The molecule has 0 amide bonds. The second-order valence-corrected chi connectivity index (χ2v) is 7.88. The molecule has 2 rings (SSSR count). The van der Waals surface area contributed by atoms with E-state index < -0.39 is 0 Å². The maximum atomic E-state index is 5.41. The van der Waals surface area contributed by atoms with E-state index in [-0.39, 0.29) is 0 Å². The van der Waals surface area contributed by atoms with Crippen molar-refractivity contribution >= 4 is 5.96 Å². The third kappa shape index (κ3) is 7.80. The summed E-state index contributed by atoms with van der Waals surface area (Å²) >= 11 is 0. The Morgan fingerprint density at radius 3 is 2.54 bits per heavy atom. The smallest absolute Gasteiger partial charge is 0.191 e. The highest BCUT2D eigenvalue weighted by Crippen LogP contribution is 2.28. The topological polar surface area (TPSA) is 52.1 Å². The highest BCUT2D eigenvalue weighted by molar-refractivity contribution is 5.79. The maximum absolute atomic E-state index is 5.41. The summed E-state index contributed by atoms with van der Waals surface area (Å²) in [6.07, 6.45) is 8.05. The fourth-order valence-electron chi connectivity index (χ4n) is 4.11. The van der Waals surface area contributed by atoms with Gasteiger partial charge in [-0.05, 0) is 52.7 Å². The number of aliphatic imine (C=N–C) groups is 1. The van der Waals surface area contributed by atoms with E-state index in [2.05, 4.69) is 41.5 Å². The van der Waals surface area contributed by atoms with Crippen LogP contribution in [-0.4, -0.2) is 88.4 Å². The Balaban J connectivity index is 1.75. The molecular formula is C20H41N5O. The van der Waals surface area contributed by atoms with Gasteiger partial charge in [0.1, 0.15) is 0 Å². The average molecular weight is 368 g/mol. The first-order valence-corrected chi connectivity index (χ1v) is 10.7. The maximum Gasteiger partial charge on any atom is 0.191 e. The molecule has 6 heteroatoms. The molecule has 0 spiro atoms. The van der Waals surface area contributed by atoms with Gasteiger partial charge in [-0.2, -0.15) is 0 Å². The van der Waals surface area contributed by atoms with Gasteiger partial charge in [0.15, 0.2) is 5.96 Å². The molecule has 1 saturated heterocycles. The minimum absolute atomic E-state index is 0.555. The molecule has 6 nitrogen and oxygen atoms in total. The molecule has 2 fully saturated rings. The SMILES string of the molecule is CCNC(=NCC(C1CCCCC1)N(C)C)NCCCN1CCOCC1. The van der Waals surface area contributed by atoms with Gasteiger partial charge in [-0.1, -0.05) is 19.3 Å². The molecule has 1 heterocycles. The van der Waals surface area contributed by atoms with E-state index in [4.69, 9.17) is 9.73 Å². The van der Waals surface area contributed by atoms with E-state index in [0.717, 1.165) is 70.8 Å². The fraction of sp³-hybridized carbons (Fsp3) is 0.950. The molecule has 2 aliphatic rings. The molecule has 1 aliphatic carbocycles. The van der Waals surface area contributed by atoms with Crippen LogP contribution in [0.1, 0.15) is 45.4 Å². The Morgan fingerprint density at radius 1 is 1.15 bits per heavy atom. The van der Waals surface area contributed by atoms with Crippen molar-refractivity contribution in [1.82, 2.24) is 20.4 Å². The van der Waals surface area contributed by atoms with Gasteiger partial charge < -0.3 is 20.3 Å². The Kier molecular flexibility index (Phi) is 10.3. The van der Waals surface area contributed by atoms with E-state index in [1.165, 1.54) is 32.1 Å². The predicted octanol–water partition coefficient (Wildman–Crippen LogP) is 1.77. The number of ether oxygens (including phenoxy) is 1. The molecule has 26 heavy (non-hydrogen) atoms. The van der Waals surface area contributed by atoms with Crippen LogP contribution in [0.4, 0.5) is 0 Å². The summed E-state index contributed by atoms with van der Waals surface area (Å²) < 4.78 is 5.41. The van der Waals surface area contributed by atoms with Crippen LogP contribution in [0, 0.1) is 5.92 Å². The van der Waals surface area contributed by atoms with Crippen molar-refractivity contribution in [3.63, 3.8) is 0 Å². The summed E-state index contributed by atoms with van der Waals surface area (Å²) in [5.74, 6) is 1.77. The highest BCUT2D eigenvalue weighted by Gasteiger charge is 2.25. The molecule has 0 radical (unpaired) electrons. The minimum atomic E-state index is 0.555. The van der Waals surface area contributed by atoms with Gasteiger partial charge in [0.2, 0.25) is 0 Å². The number of rotatable bonds is 9. The summed E-state index contributed by atoms with van der Waals surface area (Å²) in [5, 5.41) is 6.92. The lowest BCUT2D eigenvalue weighted by atomic mass is 9.83. The van der Waals surface area contributed by atoms with Crippen molar-refractivity contribution in [1.29, 1.82) is 0 Å². The molecule has 1 unspecified atom stereocenters. The zero-order valence-corrected chi connectivity index (χ0v) is 17.3. The lowest BCUT2D eigenvalue weighted by molar-refractivity contribution is 0.0376. The average Bonchev–Trinajstić information content (AvgIpc) is 2.66. The number of nitrogens with zero attached hydrogens (tertiary/aromatic N) is 3. The van der Waals surface area contributed by atoms with Gasteiger partial charge >= 0.3 is 0 Å². The van der Waals surface area contributed by atoms with E-state index >= 15 is 0 Å². The van der Waals surface area contributed by atoms with Gasteiger partial charge in [0, 0.05) is 32.2 Å². The summed E-state index contributed by atoms with van der Waals surface area (Å²) in [4.78, 5) is 9.78. The Hall–Kier alpha value is -0.850. The van der Waals surface area contributed by atoms with Gasteiger partial charge in [-0.3, -0.25) is 9.89 Å². The zero-order chi connectivity index (χ0) is 18.6. The van der Waals surface area contributed by atoms with Gasteiger partial charge in [0.25, 0.3) is 0 Å². The van der Waals surface area contributed by atoms with Crippen LogP contribution >= 0.6 is 0 Å². The second kappa shape index (κ2) is 12.5. The van der Waals surface area contributed by atoms with Crippen molar-refractivity contribution in [2.75, 3.05) is 66.6 Å². The summed E-state index contributed by atoms with van der Waals surface area (Å²) in [6, 6.07) is 0.555. The van der Waals surface area contributed by atoms with Crippen molar-refractivity contribution in [2.45, 2.75) is 51.5 Å². The lowest BCUT2D eigenvalue weighted by Crippen LogP contribution is -2.43. The summed E-state index contributed by atoms with van der Waals surface area (Å²) in [5.41, 5.74) is 0. The highest BCUT2D eigenvalue weighted by atomic mass is 16.5. The van der Waals surface area contributed by atoms with Crippen LogP contribution in [0.15, 0.2) is 4.99 Å². The molecule has 0 aromatic heterocycles. The monoisotopic (exact) mass is 367 g/mol. The number of morpholine rings is 1. The number of nitrogens with one attached hydrogen (secondary N) is 2. The zero-order valence-electron chi connectivity index (χ0n) is 17.3. The third-order valence-corrected chi connectivity index (χ3v) is 5.69. The summed E-state index contributed by atoms with van der Waals surface area (Å²) in [7, 11) is 4.41. The quantitative estimate of drug-likeness (QED) is 0.370. The van der Waals surface area contributed by atoms with Crippen LogP contribution in [0.2, 0.25) is 0 Å². The molecule has 2 N–H and O–H groups in total. The fourth-order valence-corrected chi connectivity index (χ4v) is 4.11. The largest absolute Gasteiger partial charge is 0.379 e. The first kappa shape index (κ1) is 21.5. The molecule has 1 atom stereocenters. The Morgan fingerprint density at radius 2 is 1.88 bits per heavy atom. The molecular weight excluding hydrogens is 326 g/mol. The molecule has 0 bridgehead atoms. The second-order valence-electron chi connectivity index (χ2n) is 7.88. The van der Waals surface area contributed by atoms with E-state index in [1.807, 2.05) is 0 Å². The van der Waals surface area contributed by atoms with Crippen LogP contribution in [0.25, 0.3) is 0 Å². The number of hydrogen-bond acceptors (Lipinski definition) is 4. The number of likely N-dealkylation sites (N-methyl/N-ethyl adjacent to an activating group) is 1. The first-order chi connectivity index (χ1) is 12.7. The van der Waals surface area contributed by atoms with Gasteiger partial charge in [-0.15, -0.1) is 0 Å². The molecule has 152 valence electrons. The lowest BCUT2D eigenvalue weighted by Gasteiger charge is -2.34.